The Balaban J connectivity index is 2.30. The molecule has 0 aliphatic rings. The van der Waals surface area contributed by atoms with Gasteiger partial charge in [-0.25, -0.2) is 0 Å². The van der Waals surface area contributed by atoms with Crippen LogP contribution in [0.25, 0.3) is 0 Å². The van der Waals surface area contributed by atoms with Crippen LogP contribution in [0.5, 0.6) is 11.5 Å². The van der Waals surface area contributed by atoms with Crippen LogP contribution >= 0.6 is 0 Å². The summed E-state index contributed by atoms with van der Waals surface area (Å²) in [6, 6.07) is 11.0. The molecule has 2 aromatic carbocycles. The summed E-state index contributed by atoms with van der Waals surface area (Å²) < 4.78 is 5.92. The van der Waals surface area contributed by atoms with Crippen molar-refractivity contribution in [1.82, 2.24) is 0 Å². The van der Waals surface area contributed by atoms with Crippen molar-refractivity contribution in [2.45, 2.75) is 40.0 Å². The average molecular weight is 299 g/mol. The molecular formula is C18H21NO3. The monoisotopic (exact) mass is 299 g/mol. The molecule has 0 spiro atoms. The van der Waals surface area contributed by atoms with Gasteiger partial charge in [0.25, 0.3) is 5.69 Å². The molecule has 116 valence electrons. The fourth-order valence-electron chi connectivity index (χ4n) is 2.33. The van der Waals surface area contributed by atoms with Crippen LogP contribution in [0.2, 0.25) is 0 Å². The summed E-state index contributed by atoms with van der Waals surface area (Å²) in [4.78, 5) is 10.5. The van der Waals surface area contributed by atoms with Gasteiger partial charge in [-0.3, -0.25) is 10.1 Å². The van der Waals surface area contributed by atoms with Gasteiger partial charge in [-0.1, -0.05) is 32.9 Å². The quantitative estimate of drug-likeness (QED) is 0.570. The van der Waals surface area contributed by atoms with E-state index in [-0.39, 0.29) is 16.0 Å². The van der Waals surface area contributed by atoms with E-state index in [2.05, 4.69) is 20.8 Å². The van der Waals surface area contributed by atoms with Gasteiger partial charge in [0.15, 0.2) is 0 Å². The zero-order valence-corrected chi connectivity index (χ0v) is 13.6. The summed E-state index contributed by atoms with van der Waals surface area (Å²) in [6.07, 6.45) is 0. The van der Waals surface area contributed by atoms with Crippen molar-refractivity contribution >= 4 is 5.69 Å². The molecule has 2 aromatic rings. The number of non-ortho nitro benzene ring substituents is 1. The van der Waals surface area contributed by atoms with E-state index in [0.29, 0.717) is 5.75 Å². The van der Waals surface area contributed by atoms with Gasteiger partial charge in [0.05, 0.1) is 4.92 Å². The van der Waals surface area contributed by atoms with Gasteiger partial charge >= 0.3 is 0 Å². The van der Waals surface area contributed by atoms with Gasteiger partial charge in [0.1, 0.15) is 11.5 Å². The molecule has 0 N–H and O–H groups in total. The van der Waals surface area contributed by atoms with Gasteiger partial charge in [0, 0.05) is 12.1 Å². The first-order chi connectivity index (χ1) is 10.2. The summed E-state index contributed by atoms with van der Waals surface area (Å²) in [5.41, 5.74) is 2.93. The Labute approximate surface area is 130 Å². The van der Waals surface area contributed by atoms with Crippen LogP contribution in [0.4, 0.5) is 5.69 Å². The molecule has 0 aliphatic carbocycles. The second-order valence-corrected chi connectivity index (χ2v) is 6.54. The second kappa shape index (κ2) is 5.79. The Morgan fingerprint density at radius 2 is 1.50 bits per heavy atom. The standard InChI is InChI=1S/C18H21NO3/c1-12-10-15(19(20)21)11-13(2)17(12)22-16-8-6-14(7-9-16)18(3,4)5/h6-11H,1-5H3. The van der Waals surface area contributed by atoms with Crippen LogP contribution in [0.3, 0.4) is 0 Å². The molecule has 0 fully saturated rings. The Hall–Kier alpha value is -2.36. The van der Waals surface area contributed by atoms with Crippen LogP contribution in [-0.2, 0) is 5.41 Å². The van der Waals surface area contributed by atoms with E-state index in [4.69, 9.17) is 4.74 Å². The smallest absolute Gasteiger partial charge is 0.270 e. The molecule has 0 aliphatic heterocycles. The molecule has 0 amide bonds. The van der Waals surface area contributed by atoms with Crippen molar-refractivity contribution in [1.29, 1.82) is 0 Å². The Morgan fingerprint density at radius 3 is 1.91 bits per heavy atom. The highest BCUT2D eigenvalue weighted by atomic mass is 16.6. The molecule has 0 bridgehead atoms. The SMILES string of the molecule is Cc1cc([N+](=O)[O-])cc(C)c1Oc1ccc(C(C)(C)C)cc1. The maximum Gasteiger partial charge on any atom is 0.270 e. The van der Waals surface area contributed by atoms with Crippen molar-refractivity contribution in [2.75, 3.05) is 0 Å². The van der Waals surface area contributed by atoms with Gasteiger partial charge in [-0.15, -0.1) is 0 Å². The number of nitro groups is 1. The first-order valence-corrected chi connectivity index (χ1v) is 7.22. The van der Waals surface area contributed by atoms with Crippen LogP contribution in [-0.4, -0.2) is 4.92 Å². The van der Waals surface area contributed by atoms with E-state index in [0.717, 1.165) is 16.9 Å². The van der Waals surface area contributed by atoms with Gasteiger partial charge in [0.2, 0.25) is 0 Å². The summed E-state index contributed by atoms with van der Waals surface area (Å²) in [7, 11) is 0. The zero-order valence-electron chi connectivity index (χ0n) is 13.6. The van der Waals surface area contributed by atoms with E-state index in [9.17, 15) is 10.1 Å². The largest absolute Gasteiger partial charge is 0.457 e. The second-order valence-electron chi connectivity index (χ2n) is 6.54. The fourth-order valence-corrected chi connectivity index (χ4v) is 2.33. The van der Waals surface area contributed by atoms with E-state index in [1.165, 1.54) is 17.7 Å². The Morgan fingerprint density at radius 1 is 1.00 bits per heavy atom. The Bertz CT molecular complexity index is 674. The number of ether oxygens (including phenoxy) is 1. The number of nitrogens with zero attached hydrogens (tertiary/aromatic N) is 1. The third kappa shape index (κ3) is 3.45. The maximum atomic E-state index is 10.9. The average Bonchev–Trinajstić information content (AvgIpc) is 2.42. The van der Waals surface area contributed by atoms with Gasteiger partial charge in [-0.05, 0) is 48.1 Å². The molecule has 0 aromatic heterocycles. The molecule has 0 atom stereocenters. The topological polar surface area (TPSA) is 52.4 Å². The highest BCUT2D eigenvalue weighted by molar-refractivity contribution is 5.50. The van der Waals surface area contributed by atoms with Crippen LogP contribution in [0.1, 0.15) is 37.5 Å². The minimum absolute atomic E-state index is 0.0884. The molecule has 4 heteroatoms. The molecule has 0 heterocycles. The number of nitro benzene ring substituents is 1. The lowest BCUT2D eigenvalue weighted by atomic mass is 9.87. The number of hydrogen-bond acceptors (Lipinski definition) is 3. The number of hydrogen-bond donors (Lipinski definition) is 0. The lowest BCUT2D eigenvalue weighted by Crippen LogP contribution is -2.10. The summed E-state index contributed by atoms with van der Waals surface area (Å²) >= 11 is 0. The van der Waals surface area contributed by atoms with Crippen LogP contribution in [0.15, 0.2) is 36.4 Å². The molecule has 2 rings (SSSR count). The summed E-state index contributed by atoms with van der Waals surface area (Å²) in [5.74, 6) is 1.40. The number of rotatable bonds is 3. The molecule has 0 unspecified atom stereocenters. The summed E-state index contributed by atoms with van der Waals surface area (Å²) in [6.45, 7) is 10.1. The number of benzene rings is 2. The lowest BCUT2D eigenvalue weighted by Gasteiger charge is -2.19. The summed E-state index contributed by atoms with van der Waals surface area (Å²) in [5, 5.41) is 10.9. The third-order valence-corrected chi connectivity index (χ3v) is 3.60. The molecule has 0 radical (unpaired) electrons. The van der Waals surface area contributed by atoms with Crippen molar-refractivity contribution in [3.8, 4) is 11.5 Å². The van der Waals surface area contributed by atoms with E-state index < -0.39 is 0 Å². The van der Waals surface area contributed by atoms with Crippen LogP contribution in [0, 0.1) is 24.0 Å². The minimum Gasteiger partial charge on any atom is -0.457 e. The van der Waals surface area contributed by atoms with Gasteiger partial charge < -0.3 is 4.74 Å². The van der Waals surface area contributed by atoms with Crippen molar-refractivity contribution in [3.05, 3.63) is 63.2 Å². The van der Waals surface area contributed by atoms with Crippen molar-refractivity contribution in [2.24, 2.45) is 0 Å². The highest BCUT2D eigenvalue weighted by Crippen LogP contribution is 2.33. The zero-order chi connectivity index (χ0) is 16.5. The first kappa shape index (κ1) is 16.0. The predicted molar refractivity (Wildman–Crippen MR) is 87.8 cm³/mol. The van der Waals surface area contributed by atoms with Crippen LogP contribution < -0.4 is 4.74 Å². The van der Waals surface area contributed by atoms with E-state index >= 15 is 0 Å². The Kier molecular flexibility index (Phi) is 4.22. The molecule has 22 heavy (non-hydrogen) atoms. The third-order valence-electron chi connectivity index (χ3n) is 3.60. The molecule has 0 saturated heterocycles. The highest BCUT2D eigenvalue weighted by Gasteiger charge is 2.15. The molecule has 4 nitrogen and oxygen atoms in total. The van der Waals surface area contributed by atoms with E-state index in [1.807, 2.05) is 38.1 Å². The normalized spacial score (nSPS) is 11.3. The maximum absolute atomic E-state index is 10.9. The minimum atomic E-state index is -0.387. The molecule has 0 saturated carbocycles. The van der Waals surface area contributed by atoms with Crippen molar-refractivity contribution in [3.63, 3.8) is 0 Å². The van der Waals surface area contributed by atoms with E-state index in [1.54, 1.807) is 0 Å². The fraction of sp³-hybridized carbons (Fsp3) is 0.333. The predicted octanol–water partition coefficient (Wildman–Crippen LogP) is 5.30. The first-order valence-electron chi connectivity index (χ1n) is 7.22. The lowest BCUT2D eigenvalue weighted by molar-refractivity contribution is -0.385. The molecular weight excluding hydrogens is 278 g/mol. The van der Waals surface area contributed by atoms with Gasteiger partial charge in [-0.2, -0.15) is 0 Å². The number of aryl methyl sites for hydroxylation is 2. The van der Waals surface area contributed by atoms with Crippen molar-refractivity contribution < 1.29 is 9.66 Å².